The first-order chi connectivity index (χ1) is 14.1. The summed E-state index contributed by atoms with van der Waals surface area (Å²) in [4.78, 5) is 25.7. The third-order valence-corrected chi connectivity index (χ3v) is 5.14. The van der Waals surface area contributed by atoms with Gasteiger partial charge in [-0.25, -0.2) is 4.39 Å². The third kappa shape index (κ3) is 5.47. The predicted molar refractivity (Wildman–Crippen MR) is 107 cm³/mol. The van der Waals surface area contributed by atoms with Gasteiger partial charge in [0.2, 0.25) is 11.8 Å². The zero-order valence-corrected chi connectivity index (χ0v) is 17.2. The molecule has 0 radical (unpaired) electrons. The third-order valence-electron chi connectivity index (χ3n) is 4.68. The lowest BCUT2D eigenvalue weighted by Crippen LogP contribution is -2.42. The summed E-state index contributed by atoms with van der Waals surface area (Å²) in [7, 11) is 0. The Hall–Kier alpha value is -2.68. The van der Waals surface area contributed by atoms with Gasteiger partial charge in [-0.1, -0.05) is 28.1 Å². The standard InChI is InChI=1S/C21H17BrF4N2O2/c22-16-9-14-7-8-28(12-17(14)18(23)10-16)20(30)11-27-19(29)6-3-13-1-4-15(5-2-13)21(24,25)26/h1-6,9-10H,7-8,11-12H2,(H,27,29)/b6-3+. The Labute approximate surface area is 178 Å². The Kier molecular flexibility index (Phi) is 6.60. The fourth-order valence-electron chi connectivity index (χ4n) is 3.08. The van der Waals surface area contributed by atoms with E-state index in [1.54, 1.807) is 0 Å². The van der Waals surface area contributed by atoms with E-state index in [2.05, 4.69) is 21.2 Å². The van der Waals surface area contributed by atoms with Crippen molar-refractivity contribution in [3.05, 3.63) is 75.0 Å². The Bertz CT molecular complexity index is 988. The second-order valence-electron chi connectivity index (χ2n) is 6.76. The van der Waals surface area contributed by atoms with Crippen LogP contribution in [0.15, 0.2) is 46.9 Å². The molecule has 0 fully saturated rings. The number of carbonyl (C=O) groups excluding carboxylic acids is 2. The van der Waals surface area contributed by atoms with E-state index in [0.717, 1.165) is 23.8 Å². The van der Waals surface area contributed by atoms with Crippen molar-refractivity contribution in [3.63, 3.8) is 0 Å². The molecular formula is C21H17BrF4N2O2. The maximum atomic E-state index is 14.1. The molecule has 1 heterocycles. The number of carbonyl (C=O) groups is 2. The fraction of sp³-hybridized carbons (Fsp3) is 0.238. The molecule has 0 unspecified atom stereocenters. The van der Waals surface area contributed by atoms with E-state index in [1.165, 1.54) is 29.2 Å². The Morgan fingerprint density at radius 3 is 2.53 bits per heavy atom. The number of hydrogen-bond donors (Lipinski definition) is 1. The number of halogens is 5. The van der Waals surface area contributed by atoms with Gasteiger partial charge in [0.05, 0.1) is 12.1 Å². The number of hydrogen-bond acceptors (Lipinski definition) is 2. The predicted octanol–water partition coefficient (Wildman–Crippen LogP) is 4.32. The average molecular weight is 485 g/mol. The first kappa shape index (κ1) is 22.0. The molecule has 2 aromatic carbocycles. The van der Waals surface area contributed by atoms with Crippen molar-refractivity contribution in [2.24, 2.45) is 0 Å². The number of amides is 2. The quantitative estimate of drug-likeness (QED) is 0.518. The molecule has 0 saturated heterocycles. The van der Waals surface area contributed by atoms with Crippen molar-refractivity contribution in [2.75, 3.05) is 13.1 Å². The summed E-state index contributed by atoms with van der Waals surface area (Å²) < 4.78 is 52.4. The van der Waals surface area contributed by atoms with Crippen LogP contribution < -0.4 is 5.32 Å². The normalized spacial score (nSPS) is 14.0. The fourth-order valence-corrected chi connectivity index (χ4v) is 3.56. The molecule has 1 aliphatic heterocycles. The summed E-state index contributed by atoms with van der Waals surface area (Å²) in [5.41, 5.74) is 0.945. The van der Waals surface area contributed by atoms with Crippen LogP contribution in [-0.4, -0.2) is 29.8 Å². The van der Waals surface area contributed by atoms with Gasteiger partial charge in [-0.05, 0) is 47.9 Å². The highest BCUT2D eigenvalue weighted by atomic mass is 79.9. The van der Waals surface area contributed by atoms with Crippen molar-refractivity contribution in [3.8, 4) is 0 Å². The lowest BCUT2D eigenvalue weighted by Gasteiger charge is -2.29. The zero-order chi connectivity index (χ0) is 21.9. The van der Waals surface area contributed by atoms with Gasteiger partial charge >= 0.3 is 6.18 Å². The monoisotopic (exact) mass is 484 g/mol. The maximum Gasteiger partial charge on any atom is 0.416 e. The average Bonchev–Trinajstić information content (AvgIpc) is 2.69. The summed E-state index contributed by atoms with van der Waals surface area (Å²) in [5.74, 6) is -1.30. The highest BCUT2D eigenvalue weighted by molar-refractivity contribution is 9.10. The molecule has 0 bridgehead atoms. The van der Waals surface area contributed by atoms with E-state index < -0.39 is 17.6 Å². The smallest absolute Gasteiger partial charge is 0.343 e. The van der Waals surface area contributed by atoms with E-state index in [9.17, 15) is 27.2 Å². The van der Waals surface area contributed by atoms with E-state index >= 15 is 0 Å². The molecule has 0 saturated carbocycles. The SMILES string of the molecule is O=C(/C=C/c1ccc(C(F)(F)F)cc1)NCC(=O)N1CCc2cc(Br)cc(F)c2C1. The molecule has 1 aliphatic rings. The molecule has 30 heavy (non-hydrogen) atoms. The van der Waals surface area contributed by atoms with Crippen LogP contribution in [0.2, 0.25) is 0 Å². The van der Waals surface area contributed by atoms with Crippen molar-refractivity contribution in [1.82, 2.24) is 10.2 Å². The summed E-state index contributed by atoms with van der Waals surface area (Å²) in [6, 6.07) is 7.51. The lowest BCUT2D eigenvalue weighted by molar-refractivity contribution is -0.137. The highest BCUT2D eigenvalue weighted by Gasteiger charge is 2.29. The molecule has 158 valence electrons. The van der Waals surface area contributed by atoms with E-state index in [0.29, 0.717) is 28.6 Å². The zero-order valence-electron chi connectivity index (χ0n) is 15.6. The van der Waals surface area contributed by atoms with Gasteiger partial charge in [-0.2, -0.15) is 13.2 Å². The van der Waals surface area contributed by atoms with Crippen LogP contribution in [0, 0.1) is 5.82 Å². The van der Waals surface area contributed by atoms with Crippen LogP contribution in [-0.2, 0) is 28.7 Å². The second-order valence-corrected chi connectivity index (χ2v) is 7.68. The summed E-state index contributed by atoms with van der Waals surface area (Å²) in [6.45, 7) is 0.285. The number of alkyl halides is 3. The molecule has 3 rings (SSSR count). The van der Waals surface area contributed by atoms with Gasteiger partial charge < -0.3 is 10.2 Å². The minimum Gasteiger partial charge on any atom is -0.343 e. The topological polar surface area (TPSA) is 49.4 Å². The van der Waals surface area contributed by atoms with Crippen LogP contribution >= 0.6 is 15.9 Å². The van der Waals surface area contributed by atoms with Crippen molar-refractivity contribution >= 4 is 33.8 Å². The van der Waals surface area contributed by atoms with Crippen LogP contribution in [0.3, 0.4) is 0 Å². The molecule has 2 aromatic rings. The van der Waals surface area contributed by atoms with Crippen LogP contribution in [0.5, 0.6) is 0 Å². The Morgan fingerprint density at radius 2 is 1.87 bits per heavy atom. The first-order valence-corrected chi connectivity index (χ1v) is 9.80. The minimum atomic E-state index is -4.42. The molecule has 0 atom stereocenters. The number of nitrogens with one attached hydrogen (secondary N) is 1. The van der Waals surface area contributed by atoms with Gasteiger partial charge in [0.15, 0.2) is 0 Å². The van der Waals surface area contributed by atoms with E-state index in [-0.39, 0.29) is 24.8 Å². The Morgan fingerprint density at radius 1 is 1.17 bits per heavy atom. The van der Waals surface area contributed by atoms with Gasteiger partial charge in [-0.15, -0.1) is 0 Å². The van der Waals surface area contributed by atoms with Gasteiger partial charge in [0.25, 0.3) is 0 Å². The van der Waals surface area contributed by atoms with Crippen LogP contribution in [0.1, 0.15) is 22.3 Å². The summed E-state index contributed by atoms with van der Waals surface area (Å²) >= 11 is 3.25. The van der Waals surface area contributed by atoms with Crippen LogP contribution in [0.4, 0.5) is 17.6 Å². The van der Waals surface area contributed by atoms with E-state index in [1.807, 2.05) is 6.07 Å². The summed E-state index contributed by atoms with van der Waals surface area (Å²) in [6.07, 6.45) is -1.42. The first-order valence-electron chi connectivity index (χ1n) is 9.01. The molecule has 1 N–H and O–H groups in total. The molecule has 4 nitrogen and oxygen atoms in total. The molecule has 0 aliphatic carbocycles. The molecular weight excluding hydrogens is 468 g/mol. The number of fused-ring (bicyclic) bond motifs is 1. The second kappa shape index (κ2) is 8.99. The Balaban J connectivity index is 1.52. The number of benzene rings is 2. The van der Waals surface area contributed by atoms with Gasteiger partial charge in [0, 0.05) is 29.2 Å². The van der Waals surface area contributed by atoms with Gasteiger partial charge in [-0.3, -0.25) is 9.59 Å². The maximum absolute atomic E-state index is 14.1. The van der Waals surface area contributed by atoms with Crippen LogP contribution in [0.25, 0.3) is 6.08 Å². The molecule has 0 spiro atoms. The van der Waals surface area contributed by atoms with Gasteiger partial charge in [0.1, 0.15) is 5.82 Å². The van der Waals surface area contributed by atoms with Crippen molar-refractivity contribution in [2.45, 2.75) is 19.1 Å². The minimum absolute atomic E-state index is 0.130. The molecule has 9 heteroatoms. The highest BCUT2D eigenvalue weighted by Crippen LogP contribution is 2.29. The molecule has 2 amide bonds. The number of rotatable bonds is 4. The molecule has 0 aromatic heterocycles. The van der Waals surface area contributed by atoms with Crippen molar-refractivity contribution < 1.29 is 27.2 Å². The van der Waals surface area contributed by atoms with E-state index in [4.69, 9.17) is 0 Å². The largest absolute Gasteiger partial charge is 0.416 e. The summed E-state index contributed by atoms with van der Waals surface area (Å²) in [5, 5.41) is 2.44. The van der Waals surface area contributed by atoms with Crippen molar-refractivity contribution in [1.29, 1.82) is 0 Å². The number of nitrogens with zero attached hydrogens (tertiary/aromatic N) is 1. The lowest BCUT2D eigenvalue weighted by atomic mass is 9.99.